The van der Waals surface area contributed by atoms with Gasteiger partial charge in [-0.1, -0.05) is 6.57 Å². The molecule has 6 heteroatoms. The SMILES string of the molecule is [C-]#[N+]c1cnc2ccc(-c3c(-c4ccc(F)cc4)nn(C)c3C3CC3)cn12. The van der Waals surface area contributed by atoms with Crippen molar-refractivity contribution in [2.24, 2.45) is 7.05 Å². The molecular formula is C21H16FN5. The van der Waals surface area contributed by atoms with E-state index in [1.807, 2.05) is 30.1 Å². The molecule has 5 rings (SSSR count). The Balaban J connectivity index is 1.77. The van der Waals surface area contributed by atoms with Gasteiger partial charge in [0.25, 0.3) is 5.82 Å². The van der Waals surface area contributed by atoms with Crippen molar-refractivity contribution in [1.82, 2.24) is 19.2 Å². The fourth-order valence-corrected chi connectivity index (χ4v) is 3.65. The van der Waals surface area contributed by atoms with Crippen LogP contribution in [-0.2, 0) is 7.05 Å². The fourth-order valence-electron chi connectivity index (χ4n) is 3.65. The smallest absolute Gasteiger partial charge is 0.254 e. The Morgan fingerprint density at radius 3 is 2.56 bits per heavy atom. The van der Waals surface area contributed by atoms with Gasteiger partial charge in [0.15, 0.2) is 0 Å². The molecule has 1 saturated carbocycles. The molecule has 1 aliphatic carbocycles. The fraction of sp³-hybridized carbons (Fsp3) is 0.190. The summed E-state index contributed by atoms with van der Waals surface area (Å²) in [6.45, 7) is 7.35. The average Bonchev–Trinajstić information content (AvgIpc) is 3.34. The van der Waals surface area contributed by atoms with E-state index < -0.39 is 0 Å². The third kappa shape index (κ3) is 2.51. The van der Waals surface area contributed by atoms with Crippen LogP contribution in [-0.4, -0.2) is 19.2 Å². The number of benzene rings is 1. The van der Waals surface area contributed by atoms with E-state index in [-0.39, 0.29) is 5.82 Å². The standard InChI is InChI=1S/C21H16FN5/c1-23-18-11-24-17-10-7-15(12-27(17)18)19-20(13-5-8-16(22)9-6-13)25-26(2)21(19)14-3-4-14/h5-12,14H,3-4H2,2H3. The minimum absolute atomic E-state index is 0.264. The van der Waals surface area contributed by atoms with E-state index in [1.54, 1.807) is 22.7 Å². The maximum absolute atomic E-state index is 13.4. The summed E-state index contributed by atoms with van der Waals surface area (Å²) in [4.78, 5) is 7.82. The average molecular weight is 357 g/mol. The van der Waals surface area contributed by atoms with E-state index in [9.17, 15) is 4.39 Å². The highest BCUT2D eigenvalue weighted by Crippen LogP contribution is 2.47. The molecule has 0 saturated heterocycles. The van der Waals surface area contributed by atoms with Crippen LogP contribution in [0.25, 0.3) is 32.9 Å². The lowest BCUT2D eigenvalue weighted by Crippen LogP contribution is -1.97. The summed E-state index contributed by atoms with van der Waals surface area (Å²) in [7, 11) is 1.96. The van der Waals surface area contributed by atoms with E-state index in [0.717, 1.165) is 40.9 Å². The molecule has 1 aromatic carbocycles. The molecule has 4 aromatic rings. The summed E-state index contributed by atoms with van der Waals surface area (Å²) in [5.74, 6) is 0.706. The number of imidazole rings is 1. The van der Waals surface area contributed by atoms with E-state index in [4.69, 9.17) is 11.7 Å². The first kappa shape index (κ1) is 15.8. The van der Waals surface area contributed by atoms with Crippen LogP contribution in [0.15, 0.2) is 48.8 Å². The Morgan fingerprint density at radius 1 is 1.11 bits per heavy atom. The molecule has 0 spiro atoms. The first-order chi connectivity index (χ1) is 13.2. The highest BCUT2D eigenvalue weighted by atomic mass is 19.1. The molecule has 0 amide bonds. The third-order valence-electron chi connectivity index (χ3n) is 5.06. The number of rotatable bonds is 3. The van der Waals surface area contributed by atoms with Crippen molar-refractivity contribution in [3.63, 3.8) is 0 Å². The van der Waals surface area contributed by atoms with Crippen molar-refractivity contribution in [3.05, 3.63) is 71.7 Å². The van der Waals surface area contributed by atoms with Crippen molar-refractivity contribution < 1.29 is 4.39 Å². The van der Waals surface area contributed by atoms with E-state index in [0.29, 0.717) is 11.7 Å². The molecular weight excluding hydrogens is 341 g/mol. The number of aromatic nitrogens is 4. The maximum atomic E-state index is 13.4. The molecule has 0 unspecified atom stereocenters. The number of hydrogen-bond donors (Lipinski definition) is 0. The van der Waals surface area contributed by atoms with Gasteiger partial charge in [0.1, 0.15) is 11.5 Å². The topological polar surface area (TPSA) is 39.5 Å². The molecule has 3 aromatic heterocycles. The van der Waals surface area contributed by atoms with Gasteiger partial charge >= 0.3 is 0 Å². The summed E-state index contributed by atoms with van der Waals surface area (Å²) in [6.07, 6.45) is 5.83. The summed E-state index contributed by atoms with van der Waals surface area (Å²) in [6, 6.07) is 10.4. The monoisotopic (exact) mass is 357 g/mol. The lowest BCUT2D eigenvalue weighted by atomic mass is 9.98. The zero-order chi connectivity index (χ0) is 18.5. The van der Waals surface area contributed by atoms with Crippen molar-refractivity contribution in [2.45, 2.75) is 18.8 Å². The van der Waals surface area contributed by atoms with Gasteiger partial charge in [-0.2, -0.15) is 5.10 Å². The van der Waals surface area contributed by atoms with Gasteiger partial charge in [-0.05, 0) is 43.2 Å². The predicted octanol–water partition coefficient (Wildman–Crippen LogP) is 4.97. The van der Waals surface area contributed by atoms with Gasteiger partial charge in [0, 0.05) is 41.4 Å². The Kier molecular flexibility index (Phi) is 3.37. The second-order valence-corrected chi connectivity index (χ2v) is 6.89. The molecule has 1 aliphatic rings. The molecule has 0 radical (unpaired) electrons. The van der Waals surface area contributed by atoms with Gasteiger partial charge in [0.05, 0.1) is 12.4 Å². The zero-order valence-electron chi connectivity index (χ0n) is 14.7. The highest BCUT2D eigenvalue weighted by molar-refractivity contribution is 5.84. The minimum atomic E-state index is -0.264. The Bertz CT molecular complexity index is 1210. The molecule has 0 N–H and O–H groups in total. The van der Waals surface area contributed by atoms with E-state index in [1.165, 1.54) is 17.8 Å². The summed E-state index contributed by atoms with van der Waals surface area (Å²) < 4.78 is 17.2. The van der Waals surface area contributed by atoms with E-state index >= 15 is 0 Å². The quantitative estimate of drug-likeness (QED) is 0.486. The van der Waals surface area contributed by atoms with Crippen molar-refractivity contribution >= 4 is 11.5 Å². The molecule has 5 nitrogen and oxygen atoms in total. The first-order valence-electron chi connectivity index (χ1n) is 8.83. The second-order valence-electron chi connectivity index (χ2n) is 6.89. The van der Waals surface area contributed by atoms with Crippen LogP contribution in [0.5, 0.6) is 0 Å². The third-order valence-corrected chi connectivity index (χ3v) is 5.06. The van der Waals surface area contributed by atoms with Crippen LogP contribution < -0.4 is 0 Å². The highest BCUT2D eigenvalue weighted by Gasteiger charge is 2.32. The Morgan fingerprint density at radius 2 is 1.85 bits per heavy atom. The van der Waals surface area contributed by atoms with Gasteiger partial charge in [-0.15, -0.1) is 0 Å². The first-order valence-corrected chi connectivity index (χ1v) is 8.83. The van der Waals surface area contributed by atoms with E-state index in [2.05, 4.69) is 9.83 Å². The number of pyridine rings is 1. The lowest BCUT2D eigenvalue weighted by Gasteiger charge is -2.07. The van der Waals surface area contributed by atoms with Crippen LogP contribution in [0.3, 0.4) is 0 Å². The number of nitrogens with zero attached hydrogens (tertiary/aromatic N) is 5. The molecule has 3 heterocycles. The van der Waals surface area contributed by atoms with Crippen molar-refractivity contribution in [2.75, 3.05) is 0 Å². The predicted molar refractivity (Wildman–Crippen MR) is 101 cm³/mol. The van der Waals surface area contributed by atoms with Crippen molar-refractivity contribution in [3.8, 4) is 22.4 Å². The second kappa shape index (κ2) is 5.78. The van der Waals surface area contributed by atoms with Crippen LogP contribution in [0.4, 0.5) is 10.2 Å². The minimum Gasteiger partial charge on any atom is -0.362 e. The molecule has 0 aliphatic heterocycles. The van der Waals surface area contributed by atoms with Crippen LogP contribution in [0.1, 0.15) is 24.5 Å². The number of hydrogen-bond acceptors (Lipinski definition) is 2. The van der Waals surface area contributed by atoms with Crippen LogP contribution in [0.2, 0.25) is 0 Å². The molecule has 1 fully saturated rings. The van der Waals surface area contributed by atoms with Gasteiger partial charge in [0.2, 0.25) is 5.65 Å². The maximum Gasteiger partial charge on any atom is 0.254 e. The Hall–Kier alpha value is -3.46. The number of halogens is 1. The molecule has 0 atom stereocenters. The number of aryl methyl sites for hydroxylation is 1. The number of fused-ring (bicyclic) bond motifs is 1. The molecule has 27 heavy (non-hydrogen) atoms. The molecule has 0 bridgehead atoms. The van der Waals surface area contributed by atoms with Crippen LogP contribution in [0, 0.1) is 12.4 Å². The van der Waals surface area contributed by atoms with Crippen molar-refractivity contribution in [1.29, 1.82) is 0 Å². The summed E-state index contributed by atoms with van der Waals surface area (Å²) in [5.41, 5.74) is 5.69. The lowest BCUT2D eigenvalue weighted by molar-refractivity contribution is 0.628. The Labute approximate surface area is 155 Å². The largest absolute Gasteiger partial charge is 0.362 e. The summed E-state index contributed by atoms with van der Waals surface area (Å²) >= 11 is 0. The van der Waals surface area contributed by atoms with Gasteiger partial charge < -0.3 is 4.85 Å². The van der Waals surface area contributed by atoms with Gasteiger partial charge in [-0.25, -0.2) is 13.8 Å². The molecule has 132 valence electrons. The summed E-state index contributed by atoms with van der Waals surface area (Å²) in [5, 5.41) is 4.77. The van der Waals surface area contributed by atoms with Gasteiger partial charge in [-0.3, -0.25) is 4.68 Å². The van der Waals surface area contributed by atoms with Crippen LogP contribution >= 0.6 is 0 Å². The zero-order valence-corrected chi connectivity index (χ0v) is 14.7. The normalized spacial score (nSPS) is 13.8.